The lowest BCUT2D eigenvalue weighted by Gasteiger charge is -2.14. The predicted octanol–water partition coefficient (Wildman–Crippen LogP) is 4.23. The Kier molecular flexibility index (Phi) is 3.99. The molecule has 0 aliphatic heterocycles. The molecule has 1 aliphatic rings. The van der Waals surface area contributed by atoms with E-state index in [1.54, 1.807) is 24.6 Å². The van der Waals surface area contributed by atoms with E-state index in [0.29, 0.717) is 53.1 Å². The molecule has 0 radical (unpaired) electrons. The van der Waals surface area contributed by atoms with Crippen LogP contribution in [0.1, 0.15) is 45.1 Å². The second kappa shape index (κ2) is 6.09. The molecule has 1 aromatic carbocycles. The van der Waals surface area contributed by atoms with Gasteiger partial charge in [0.25, 0.3) is 5.91 Å². The zero-order valence-electron chi connectivity index (χ0n) is 14.6. The first kappa shape index (κ1) is 17.0. The van der Waals surface area contributed by atoms with Gasteiger partial charge in [0.1, 0.15) is 29.4 Å². The summed E-state index contributed by atoms with van der Waals surface area (Å²) in [6.45, 7) is 3.95. The van der Waals surface area contributed by atoms with Gasteiger partial charge in [-0.25, -0.2) is 9.37 Å². The third-order valence-electron chi connectivity index (χ3n) is 4.83. The summed E-state index contributed by atoms with van der Waals surface area (Å²) >= 11 is 1.51. The molecule has 0 unspecified atom stereocenters. The average molecular weight is 374 g/mol. The number of carbonyl (C=O) groups is 1. The summed E-state index contributed by atoms with van der Waals surface area (Å²) in [5.41, 5.74) is 8.47. The van der Waals surface area contributed by atoms with Gasteiger partial charge in [0.2, 0.25) is 0 Å². The number of rotatable bonds is 6. The highest BCUT2D eigenvalue weighted by atomic mass is 32.1. The molecule has 2 aromatic heterocycles. The highest BCUT2D eigenvalue weighted by molar-refractivity contribution is 7.09. The van der Waals surface area contributed by atoms with Crippen LogP contribution in [0.5, 0.6) is 5.75 Å². The van der Waals surface area contributed by atoms with Crippen molar-refractivity contribution >= 4 is 28.2 Å². The summed E-state index contributed by atoms with van der Waals surface area (Å²) in [5, 5.41) is 0.567. The third-order valence-corrected chi connectivity index (χ3v) is 5.74. The molecular formula is C19H19FN2O3S. The number of benzene rings is 1. The largest absolute Gasteiger partial charge is 0.488 e. The smallest absolute Gasteiger partial charge is 0.252 e. The zero-order chi connectivity index (χ0) is 18.5. The van der Waals surface area contributed by atoms with Crippen LogP contribution in [-0.4, -0.2) is 16.6 Å². The van der Waals surface area contributed by atoms with Gasteiger partial charge in [-0.3, -0.25) is 4.79 Å². The molecule has 0 saturated heterocycles. The number of fused-ring (bicyclic) bond motifs is 1. The number of hydrogen-bond acceptors (Lipinski definition) is 5. The number of aromatic nitrogens is 1. The van der Waals surface area contributed by atoms with Crippen molar-refractivity contribution in [1.29, 1.82) is 0 Å². The van der Waals surface area contributed by atoms with Crippen LogP contribution in [0.3, 0.4) is 0 Å². The molecule has 1 fully saturated rings. The second-order valence-corrected chi connectivity index (χ2v) is 7.73. The quantitative estimate of drug-likeness (QED) is 0.700. The molecule has 0 bridgehead atoms. The molecule has 2 N–H and O–H groups in total. The molecule has 3 aromatic rings. The van der Waals surface area contributed by atoms with Crippen molar-refractivity contribution in [1.82, 2.24) is 4.98 Å². The van der Waals surface area contributed by atoms with Crippen LogP contribution in [0.4, 0.5) is 4.39 Å². The highest BCUT2D eigenvalue weighted by Gasteiger charge is 2.44. The van der Waals surface area contributed by atoms with E-state index in [2.05, 4.69) is 4.98 Å². The predicted molar refractivity (Wildman–Crippen MR) is 97.4 cm³/mol. The second-order valence-electron chi connectivity index (χ2n) is 6.79. The monoisotopic (exact) mass is 374 g/mol. The number of halogens is 1. The summed E-state index contributed by atoms with van der Waals surface area (Å²) in [7, 11) is 0. The van der Waals surface area contributed by atoms with Gasteiger partial charge in [0.05, 0.1) is 21.6 Å². The molecule has 4 rings (SSSR count). The molecular weight excluding hydrogens is 355 g/mol. The lowest BCUT2D eigenvalue weighted by atomic mass is 9.98. The lowest BCUT2D eigenvalue weighted by molar-refractivity contribution is 0.1000. The van der Waals surface area contributed by atoms with Crippen LogP contribution in [0, 0.1) is 13.8 Å². The van der Waals surface area contributed by atoms with E-state index in [-0.39, 0.29) is 6.42 Å². The highest BCUT2D eigenvalue weighted by Crippen LogP contribution is 2.46. The van der Waals surface area contributed by atoms with Crippen LogP contribution in [-0.2, 0) is 13.0 Å². The number of ether oxygens (including phenoxy) is 1. The number of nitrogens with two attached hydrogens (primary N) is 1. The zero-order valence-corrected chi connectivity index (χ0v) is 15.4. The third kappa shape index (κ3) is 2.96. The van der Waals surface area contributed by atoms with Gasteiger partial charge in [-0.05, 0) is 38.8 Å². The fourth-order valence-corrected chi connectivity index (χ4v) is 3.89. The molecule has 136 valence electrons. The first-order chi connectivity index (χ1) is 12.4. The van der Waals surface area contributed by atoms with Crippen LogP contribution in [0.25, 0.3) is 11.0 Å². The molecule has 1 saturated carbocycles. The van der Waals surface area contributed by atoms with Crippen molar-refractivity contribution in [2.75, 3.05) is 0 Å². The lowest BCUT2D eigenvalue weighted by Crippen LogP contribution is -2.14. The van der Waals surface area contributed by atoms with Crippen LogP contribution in [0.15, 0.2) is 22.1 Å². The Labute approximate surface area is 154 Å². The van der Waals surface area contributed by atoms with E-state index in [1.165, 1.54) is 11.3 Å². The van der Waals surface area contributed by atoms with Crippen LogP contribution < -0.4 is 10.5 Å². The van der Waals surface area contributed by atoms with Gasteiger partial charge in [0.15, 0.2) is 0 Å². The molecule has 0 spiro atoms. The maximum Gasteiger partial charge on any atom is 0.252 e. The molecule has 7 heteroatoms. The average Bonchev–Trinajstić information content (AvgIpc) is 3.00. The molecule has 1 aliphatic carbocycles. The number of primary amides is 1. The van der Waals surface area contributed by atoms with E-state index in [0.717, 1.165) is 10.6 Å². The van der Waals surface area contributed by atoms with Crippen molar-refractivity contribution in [3.63, 3.8) is 0 Å². The summed E-state index contributed by atoms with van der Waals surface area (Å²) in [4.78, 5) is 17.2. The minimum atomic E-state index is -1.24. The topological polar surface area (TPSA) is 78.3 Å². The Morgan fingerprint density at radius 1 is 1.42 bits per heavy atom. The number of hydrogen-bond donors (Lipinski definition) is 1. The Morgan fingerprint density at radius 2 is 2.19 bits per heavy atom. The van der Waals surface area contributed by atoms with E-state index in [4.69, 9.17) is 14.9 Å². The van der Waals surface area contributed by atoms with Gasteiger partial charge >= 0.3 is 0 Å². The minimum Gasteiger partial charge on any atom is -0.488 e. The SMILES string of the molecule is Cc1ncsc1COc1ccc2oc(C)c(C(N)=O)c2c1CC1(F)CC1. The molecule has 5 nitrogen and oxygen atoms in total. The number of furan rings is 1. The van der Waals surface area contributed by atoms with E-state index < -0.39 is 11.6 Å². The molecule has 1 amide bonds. The van der Waals surface area contributed by atoms with Gasteiger partial charge < -0.3 is 14.9 Å². The number of nitrogens with zero attached hydrogens (tertiary/aromatic N) is 1. The maximum atomic E-state index is 14.6. The van der Waals surface area contributed by atoms with E-state index in [1.807, 2.05) is 6.92 Å². The van der Waals surface area contributed by atoms with Crippen molar-refractivity contribution in [2.24, 2.45) is 5.73 Å². The first-order valence-electron chi connectivity index (χ1n) is 8.43. The minimum absolute atomic E-state index is 0.181. The molecule has 26 heavy (non-hydrogen) atoms. The maximum absolute atomic E-state index is 14.6. The number of amides is 1. The van der Waals surface area contributed by atoms with Crippen molar-refractivity contribution in [2.45, 2.75) is 45.4 Å². The van der Waals surface area contributed by atoms with Crippen molar-refractivity contribution < 1.29 is 18.3 Å². The number of thiazole rings is 1. The first-order valence-corrected chi connectivity index (χ1v) is 9.31. The summed E-state index contributed by atoms with van der Waals surface area (Å²) in [6, 6.07) is 3.51. The number of aryl methyl sites for hydroxylation is 2. The Morgan fingerprint density at radius 3 is 2.81 bits per heavy atom. The molecule has 2 heterocycles. The Hall–Kier alpha value is -2.41. The van der Waals surface area contributed by atoms with Gasteiger partial charge in [-0.1, -0.05) is 0 Å². The standard InChI is InChI=1S/C19H19FN2O3S/c1-10-15(26-9-22-10)8-24-13-3-4-14-17(12(13)7-19(20)5-6-19)16(18(21)23)11(2)25-14/h3-4,9H,5-8H2,1-2H3,(H2,21,23). The fraction of sp³-hybridized carbons (Fsp3) is 0.368. The summed E-state index contributed by atoms with van der Waals surface area (Å²) in [6.07, 6.45) is 1.21. The fourth-order valence-electron chi connectivity index (χ4n) is 3.20. The van der Waals surface area contributed by atoms with Crippen LogP contribution >= 0.6 is 11.3 Å². The Bertz CT molecular complexity index is 1000. The summed E-state index contributed by atoms with van der Waals surface area (Å²) in [5.74, 6) is 0.409. The van der Waals surface area contributed by atoms with Gasteiger partial charge in [0, 0.05) is 17.4 Å². The van der Waals surface area contributed by atoms with Crippen molar-refractivity contribution in [3.8, 4) is 5.75 Å². The van der Waals surface area contributed by atoms with Gasteiger partial charge in [-0.15, -0.1) is 11.3 Å². The number of alkyl halides is 1. The summed E-state index contributed by atoms with van der Waals surface area (Å²) < 4.78 is 26.3. The van der Waals surface area contributed by atoms with Crippen molar-refractivity contribution in [3.05, 3.63) is 45.1 Å². The van der Waals surface area contributed by atoms with Gasteiger partial charge in [-0.2, -0.15) is 0 Å². The normalized spacial score (nSPS) is 15.3. The Balaban J connectivity index is 1.80. The number of carbonyl (C=O) groups excluding carboxylic acids is 1. The van der Waals surface area contributed by atoms with E-state index in [9.17, 15) is 9.18 Å². The molecule has 0 atom stereocenters. The van der Waals surface area contributed by atoms with E-state index >= 15 is 0 Å². The van der Waals surface area contributed by atoms with Crippen LogP contribution in [0.2, 0.25) is 0 Å².